The number of halogens is 1. The second kappa shape index (κ2) is 9.37. The van der Waals surface area contributed by atoms with Crippen molar-refractivity contribution in [3.8, 4) is 5.75 Å². The highest BCUT2D eigenvalue weighted by molar-refractivity contribution is 5.91. The lowest BCUT2D eigenvalue weighted by atomic mass is 10.00. The largest absolute Gasteiger partial charge is 0.484 e. The molecule has 0 unspecified atom stereocenters. The van der Waals surface area contributed by atoms with Crippen molar-refractivity contribution >= 4 is 29.9 Å². The zero-order valence-electron chi connectivity index (χ0n) is 13.2. The molecule has 0 radical (unpaired) electrons. The van der Waals surface area contributed by atoms with Gasteiger partial charge in [0.1, 0.15) is 5.75 Å². The Morgan fingerprint density at radius 1 is 1.22 bits per heavy atom. The van der Waals surface area contributed by atoms with Gasteiger partial charge in [-0.2, -0.15) is 0 Å². The van der Waals surface area contributed by atoms with Crippen LogP contribution in [0.1, 0.15) is 25.7 Å². The Labute approximate surface area is 142 Å². The smallest absolute Gasteiger partial charge is 0.257 e. The van der Waals surface area contributed by atoms with E-state index in [1.807, 2.05) is 0 Å². The third kappa shape index (κ3) is 6.08. The maximum atomic E-state index is 12.0. The predicted octanol–water partition coefficient (Wildman–Crippen LogP) is 1.69. The van der Waals surface area contributed by atoms with E-state index in [0.717, 1.165) is 19.3 Å². The molecule has 2 amide bonds. The summed E-state index contributed by atoms with van der Waals surface area (Å²) in [6.45, 7) is -0.0260. The van der Waals surface area contributed by atoms with Gasteiger partial charge >= 0.3 is 0 Å². The fourth-order valence-electron chi connectivity index (χ4n) is 2.62. The summed E-state index contributed by atoms with van der Waals surface area (Å²) in [5.74, 6) is 0.668. The second-order valence-corrected chi connectivity index (χ2v) is 5.59. The zero-order chi connectivity index (χ0) is 15.9. The number of carbonyl (C=O) groups excluding carboxylic acids is 2. The first kappa shape index (κ1) is 19.3. The van der Waals surface area contributed by atoms with E-state index in [1.54, 1.807) is 31.3 Å². The highest BCUT2D eigenvalue weighted by atomic mass is 35.5. The first-order valence-electron chi connectivity index (χ1n) is 7.57. The van der Waals surface area contributed by atoms with Crippen molar-refractivity contribution in [1.82, 2.24) is 5.32 Å². The monoisotopic (exact) mass is 341 g/mol. The van der Waals surface area contributed by atoms with Crippen LogP contribution in [0.25, 0.3) is 0 Å². The molecule has 128 valence electrons. The van der Waals surface area contributed by atoms with Crippen molar-refractivity contribution in [3.63, 3.8) is 0 Å². The van der Waals surface area contributed by atoms with E-state index in [0.29, 0.717) is 17.9 Å². The number of hydrogen-bond donors (Lipinski definition) is 3. The lowest BCUT2D eigenvalue weighted by Gasteiger charge is -2.15. The van der Waals surface area contributed by atoms with E-state index in [9.17, 15) is 9.59 Å². The van der Waals surface area contributed by atoms with Crippen molar-refractivity contribution in [1.29, 1.82) is 0 Å². The number of carbonyl (C=O) groups is 2. The lowest BCUT2D eigenvalue weighted by molar-refractivity contribution is -0.122. The van der Waals surface area contributed by atoms with Gasteiger partial charge < -0.3 is 21.1 Å². The molecule has 4 N–H and O–H groups in total. The van der Waals surface area contributed by atoms with Crippen LogP contribution in [-0.2, 0) is 9.59 Å². The van der Waals surface area contributed by atoms with Crippen molar-refractivity contribution in [2.45, 2.75) is 31.7 Å². The van der Waals surface area contributed by atoms with Crippen molar-refractivity contribution in [3.05, 3.63) is 24.3 Å². The maximum absolute atomic E-state index is 12.0. The van der Waals surface area contributed by atoms with Gasteiger partial charge in [-0.25, -0.2) is 0 Å². The summed E-state index contributed by atoms with van der Waals surface area (Å²) in [4.78, 5) is 23.1. The number of nitrogens with two attached hydrogens (primary N) is 1. The number of anilines is 1. The fourth-order valence-corrected chi connectivity index (χ4v) is 2.62. The van der Waals surface area contributed by atoms with Gasteiger partial charge in [-0.3, -0.25) is 9.59 Å². The molecule has 1 aromatic rings. The summed E-state index contributed by atoms with van der Waals surface area (Å²) in [6.07, 6.45) is 3.61. The van der Waals surface area contributed by atoms with Gasteiger partial charge in [0.05, 0.1) is 0 Å². The van der Waals surface area contributed by atoms with E-state index < -0.39 is 0 Å². The molecular weight excluding hydrogens is 318 g/mol. The van der Waals surface area contributed by atoms with Crippen LogP contribution in [0.3, 0.4) is 0 Å². The van der Waals surface area contributed by atoms with Crippen LogP contribution < -0.4 is 21.1 Å². The minimum atomic E-state index is -0.190. The quantitative estimate of drug-likeness (QED) is 0.734. The molecule has 7 heteroatoms. The predicted molar refractivity (Wildman–Crippen MR) is 91.8 cm³/mol. The van der Waals surface area contributed by atoms with Crippen LogP contribution in [0.4, 0.5) is 5.69 Å². The van der Waals surface area contributed by atoms with E-state index in [2.05, 4.69) is 10.6 Å². The summed E-state index contributed by atoms with van der Waals surface area (Å²) in [7, 11) is 1.56. The third-order valence-corrected chi connectivity index (χ3v) is 3.95. The minimum Gasteiger partial charge on any atom is -0.484 e. The summed E-state index contributed by atoms with van der Waals surface area (Å²) in [5.41, 5.74) is 6.69. The molecule has 6 nitrogen and oxygen atoms in total. The van der Waals surface area contributed by atoms with E-state index in [4.69, 9.17) is 10.5 Å². The number of nitrogens with one attached hydrogen (secondary N) is 2. The van der Waals surface area contributed by atoms with Crippen molar-refractivity contribution in [2.24, 2.45) is 11.7 Å². The van der Waals surface area contributed by atoms with Gasteiger partial charge in [0.15, 0.2) is 6.61 Å². The number of rotatable bonds is 6. The first-order chi connectivity index (χ1) is 10.6. The lowest BCUT2D eigenvalue weighted by Crippen LogP contribution is -2.28. The zero-order valence-corrected chi connectivity index (χ0v) is 14.0. The number of hydrogen-bond acceptors (Lipinski definition) is 4. The second-order valence-electron chi connectivity index (χ2n) is 5.59. The van der Waals surface area contributed by atoms with E-state index in [-0.39, 0.29) is 42.8 Å². The minimum absolute atomic E-state index is 0. The first-order valence-corrected chi connectivity index (χ1v) is 7.57. The molecular formula is C16H24ClN3O3. The Bertz CT molecular complexity index is 522. The molecule has 0 saturated heterocycles. The molecule has 0 bridgehead atoms. The van der Waals surface area contributed by atoms with Gasteiger partial charge in [0.2, 0.25) is 5.91 Å². The average molecular weight is 342 g/mol. The van der Waals surface area contributed by atoms with Gasteiger partial charge in [-0.15, -0.1) is 12.4 Å². The molecule has 1 aliphatic carbocycles. The Hall–Kier alpha value is -1.79. The summed E-state index contributed by atoms with van der Waals surface area (Å²) >= 11 is 0. The molecule has 1 saturated carbocycles. The van der Waals surface area contributed by atoms with E-state index in [1.165, 1.54) is 0 Å². The molecule has 0 heterocycles. The molecule has 0 spiro atoms. The topological polar surface area (TPSA) is 93.5 Å². The molecule has 0 aliphatic heterocycles. The molecule has 1 fully saturated rings. The van der Waals surface area contributed by atoms with Crippen LogP contribution in [-0.4, -0.2) is 31.5 Å². The van der Waals surface area contributed by atoms with Crippen LogP contribution in [0.15, 0.2) is 24.3 Å². The summed E-state index contributed by atoms with van der Waals surface area (Å²) in [6, 6.07) is 7.10. The summed E-state index contributed by atoms with van der Waals surface area (Å²) < 4.78 is 5.30. The van der Waals surface area contributed by atoms with Crippen LogP contribution in [0.2, 0.25) is 0 Å². The number of benzene rings is 1. The van der Waals surface area contributed by atoms with E-state index >= 15 is 0 Å². The molecule has 2 atom stereocenters. The van der Waals surface area contributed by atoms with Gasteiger partial charge in [-0.1, -0.05) is 6.42 Å². The highest BCUT2D eigenvalue weighted by Crippen LogP contribution is 2.27. The Balaban J connectivity index is 0.00000264. The molecule has 1 aliphatic rings. The van der Waals surface area contributed by atoms with Gasteiger partial charge in [-0.05, 0) is 43.0 Å². The standard InChI is InChI=1S/C16H23N3O3.ClH/c1-18-16(21)10-22-13-7-5-12(6-8-13)19-15(20)9-11-3-2-4-14(11)17;/h5-8,11,14H,2-4,9-10,17H2,1H3,(H,18,21)(H,19,20);1H/t11-,14+;/m0./s1. The normalized spacial score (nSPS) is 19.6. The maximum Gasteiger partial charge on any atom is 0.257 e. The number of amides is 2. The molecule has 23 heavy (non-hydrogen) atoms. The highest BCUT2D eigenvalue weighted by Gasteiger charge is 2.25. The van der Waals surface area contributed by atoms with Gasteiger partial charge in [0.25, 0.3) is 5.91 Å². The average Bonchev–Trinajstić information content (AvgIpc) is 2.91. The number of ether oxygens (including phenoxy) is 1. The number of likely N-dealkylation sites (N-methyl/N-ethyl adjacent to an activating group) is 1. The Kier molecular flexibility index (Phi) is 7.85. The summed E-state index contributed by atoms with van der Waals surface area (Å²) in [5, 5.41) is 5.34. The third-order valence-electron chi connectivity index (χ3n) is 3.95. The van der Waals surface area contributed by atoms with Crippen LogP contribution in [0.5, 0.6) is 5.75 Å². The molecule has 1 aromatic carbocycles. The van der Waals surface area contributed by atoms with Crippen LogP contribution >= 0.6 is 12.4 Å². The fraction of sp³-hybridized carbons (Fsp3) is 0.500. The van der Waals surface area contributed by atoms with Crippen LogP contribution in [0, 0.1) is 5.92 Å². The van der Waals surface area contributed by atoms with Gasteiger partial charge in [0, 0.05) is 25.2 Å². The van der Waals surface area contributed by atoms with Crippen molar-refractivity contribution in [2.75, 3.05) is 19.0 Å². The molecule has 0 aromatic heterocycles. The SMILES string of the molecule is CNC(=O)COc1ccc(NC(=O)C[C@@H]2CCC[C@H]2N)cc1.Cl. The molecule has 2 rings (SSSR count). The Morgan fingerprint density at radius 2 is 1.91 bits per heavy atom. The Morgan fingerprint density at radius 3 is 2.48 bits per heavy atom. The van der Waals surface area contributed by atoms with Crippen molar-refractivity contribution < 1.29 is 14.3 Å².